The number of aliphatic hydroxyl groups is 1. The third kappa shape index (κ3) is 4.91. The Balaban J connectivity index is 1.80. The number of nitrogens with two attached hydrogens (primary N) is 1. The van der Waals surface area contributed by atoms with Gasteiger partial charge in [-0.1, -0.05) is 6.07 Å². The summed E-state index contributed by atoms with van der Waals surface area (Å²) < 4.78 is 5.49. The van der Waals surface area contributed by atoms with Crippen LogP contribution in [0.2, 0.25) is 0 Å². The highest BCUT2D eigenvalue weighted by atomic mass is 16.5. The number of β-amino-alcohol motifs (C(OH)–C–C–N with tert-alkyl or cyclic N) is 1. The van der Waals surface area contributed by atoms with Crippen LogP contribution in [0.4, 0.5) is 5.69 Å². The van der Waals surface area contributed by atoms with E-state index in [0.717, 1.165) is 26.1 Å². The summed E-state index contributed by atoms with van der Waals surface area (Å²) in [5.41, 5.74) is 6.29. The zero-order chi connectivity index (χ0) is 15.1. The maximum Gasteiger partial charge on any atom is 0.260 e. The summed E-state index contributed by atoms with van der Waals surface area (Å²) in [7, 11) is 0. The largest absolute Gasteiger partial charge is 0.484 e. The van der Waals surface area contributed by atoms with Crippen molar-refractivity contribution in [3.8, 4) is 5.75 Å². The maximum absolute atomic E-state index is 12.2. The summed E-state index contributed by atoms with van der Waals surface area (Å²) in [4.78, 5) is 16.2. The van der Waals surface area contributed by atoms with E-state index in [1.807, 2.05) is 4.90 Å². The second kappa shape index (κ2) is 7.85. The van der Waals surface area contributed by atoms with Crippen LogP contribution in [0.25, 0.3) is 0 Å². The zero-order valence-electron chi connectivity index (χ0n) is 12.2. The highest BCUT2D eigenvalue weighted by Crippen LogP contribution is 2.14. The molecule has 6 nitrogen and oxygen atoms in total. The van der Waals surface area contributed by atoms with E-state index < -0.39 is 0 Å². The van der Waals surface area contributed by atoms with Crippen molar-refractivity contribution in [1.82, 2.24) is 9.80 Å². The molecule has 0 saturated carbocycles. The Hall–Kier alpha value is -1.79. The molecule has 2 rings (SSSR count). The number of nitrogen functional groups attached to an aromatic ring is 1. The van der Waals surface area contributed by atoms with Crippen molar-refractivity contribution in [2.24, 2.45) is 0 Å². The smallest absolute Gasteiger partial charge is 0.260 e. The number of aliphatic hydroxyl groups excluding tert-OH is 1. The van der Waals surface area contributed by atoms with E-state index in [4.69, 9.17) is 15.6 Å². The van der Waals surface area contributed by atoms with Gasteiger partial charge >= 0.3 is 0 Å². The third-order valence-electron chi connectivity index (χ3n) is 3.58. The van der Waals surface area contributed by atoms with Crippen LogP contribution in [0.1, 0.15) is 6.42 Å². The molecule has 3 N–H and O–H groups in total. The Labute approximate surface area is 125 Å². The van der Waals surface area contributed by atoms with Crippen molar-refractivity contribution >= 4 is 11.6 Å². The third-order valence-corrected chi connectivity index (χ3v) is 3.58. The number of carbonyl (C=O) groups excluding carboxylic acids is 1. The van der Waals surface area contributed by atoms with Gasteiger partial charge in [0.05, 0.1) is 6.61 Å². The molecule has 6 heteroatoms. The average molecular weight is 293 g/mol. The van der Waals surface area contributed by atoms with Crippen LogP contribution in [0.3, 0.4) is 0 Å². The first-order chi connectivity index (χ1) is 10.2. The van der Waals surface area contributed by atoms with Gasteiger partial charge in [0.2, 0.25) is 0 Å². The van der Waals surface area contributed by atoms with Gasteiger partial charge in [-0.05, 0) is 25.1 Å². The first-order valence-electron chi connectivity index (χ1n) is 7.28. The lowest BCUT2D eigenvalue weighted by molar-refractivity contribution is -0.133. The number of hydrogen-bond donors (Lipinski definition) is 2. The second-order valence-corrected chi connectivity index (χ2v) is 5.16. The number of hydrogen-bond acceptors (Lipinski definition) is 5. The monoisotopic (exact) mass is 293 g/mol. The van der Waals surface area contributed by atoms with Crippen LogP contribution in [-0.4, -0.2) is 66.8 Å². The minimum atomic E-state index is -0.0109. The normalized spacial score (nSPS) is 16.5. The van der Waals surface area contributed by atoms with E-state index in [9.17, 15) is 4.79 Å². The predicted octanol–water partition coefficient (Wildman–Crippen LogP) is 0.174. The van der Waals surface area contributed by atoms with Gasteiger partial charge in [-0.25, -0.2) is 0 Å². The Morgan fingerprint density at radius 1 is 1.29 bits per heavy atom. The maximum atomic E-state index is 12.2. The van der Waals surface area contributed by atoms with Gasteiger partial charge < -0.3 is 20.5 Å². The zero-order valence-corrected chi connectivity index (χ0v) is 12.2. The molecule has 116 valence electrons. The Morgan fingerprint density at radius 3 is 2.90 bits per heavy atom. The van der Waals surface area contributed by atoms with Gasteiger partial charge in [0.15, 0.2) is 6.61 Å². The summed E-state index contributed by atoms with van der Waals surface area (Å²) >= 11 is 0. The minimum Gasteiger partial charge on any atom is -0.484 e. The summed E-state index contributed by atoms with van der Waals surface area (Å²) in [6.07, 6.45) is 0.921. The Kier molecular flexibility index (Phi) is 5.83. The number of carbonyl (C=O) groups is 1. The number of ether oxygens (including phenoxy) is 1. The lowest BCUT2D eigenvalue weighted by Gasteiger charge is -2.21. The molecule has 1 aromatic rings. The fourth-order valence-corrected chi connectivity index (χ4v) is 2.43. The molecule has 1 aliphatic rings. The van der Waals surface area contributed by atoms with Crippen molar-refractivity contribution in [3.05, 3.63) is 24.3 Å². The van der Waals surface area contributed by atoms with Gasteiger partial charge in [0.25, 0.3) is 5.91 Å². The molecule has 0 radical (unpaired) electrons. The number of amides is 1. The molecule has 1 saturated heterocycles. The molecule has 1 aliphatic heterocycles. The number of nitrogens with zero attached hydrogens (tertiary/aromatic N) is 2. The highest BCUT2D eigenvalue weighted by Gasteiger charge is 2.19. The fraction of sp³-hybridized carbons (Fsp3) is 0.533. The van der Waals surface area contributed by atoms with Crippen molar-refractivity contribution in [1.29, 1.82) is 0 Å². The summed E-state index contributed by atoms with van der Waals surface area (Å²) in [5, 5.41) is 8.97. The molecule has 0 bridgehead atoms. The number of anilines is 1. The first kappa shape index (κ1) is 15.6. The molecule has 1 amide bonds. The van der Waals surface area contributed by atoms with Gasteiger partial charge in [0, 0.05) is 37.9 Å². The first-order valence-corrected chi connectivity index (χ1v) is 7.28. The average Bonchev–Trinajstić information content (AvgIpc) is 2.71. The van der Waals surface area contributed by atoms with E-state index in [1.54, 1.807) is 24.3 Å². The van der Waals surface area contributed by atoms with Crippen LogP contribution in [0.15, 0.2) is 24.3 Å². The van der Waals surface area contributed by atoms with E-state index in [1.165, 1.54) is 0 Å². The van der Waals surface area contributed by atoms with Crippen molar-refractivity contribution in [2.75, 3.05) is 51.7 Å². The van der Waals surface area contributed by atoms with Gasteiger partial charge in [-0.15, -0.1) is 0 Å². The fourth-order valence-electron chi connectivity index (χ4n) is 2.43. The highest BCUT2D eigenvalue weighted by molar-refractivity contribution is 5.77. The van der Waals surface area contributed by atoms with Gasteiger partial charge in [-0.2, -0.15) is 0 Å². The van der Waals surface area contributed by atoms with Gasteiger partial charge in [-0.3, -0.25) is 9.69 Å². The lowest BCUT2D eigenvalue weighted by Crippen LogP contribution is -2.38. The molecular formula is C15H23N3O3. The molecular weight excluding hydrogens is 270 g/mol. The Bertz CT molecular complexity index is 467. The molecule has 1 fully saturated rings. The quantitative estimate of drug-likeness (QED) is 0.757. The van der Waals surface area contributed by atoms with Crippen LogP contribution in [-0.2, 0) is 4.79 Å². The van der Waals surface area contributed by atoms with Crippen LogP contribution in [0, 0.1) is 0 Å². The molecule has 0 spiro atoms. The molecule has 21 heavy (non-hydrogen) atoms. The Morgan fingerprint density at radius 2 is 2.14 bits per heavy atom. The molecule has 1 heterocycles. The van der Waals surface area contributed by atoms with Crippen LogP contribution >= 0.6 is 0 Å². The van der Waals surface area contributed by atoms with E-state index >= 15 is 0 Å². The van der Waals surface area contributed by atoms with Crippen molar-refractivity contribution in [3.63, 3.8) is 0 Å². The minimum absolute atomic E-state index is 0.0109. The molecule has 0 atom stereocenters. The van der Waals surface area contributed by atoms with Crippen LogP contribution < -0.4 is 10.5 Å². The summed E-state index contributed by atoms with van der Waals surface area (Å²) in [5.74, 6) is 0.600. The predicted molar refractivity (Wildman–Crippen MR) is 81.1 cm³/mol. The summed E-state index contributed by atoms with van der Waals surface area (Å²) in [6, 6.07) is 7.07. The van der Waals surface area contributed by atoms with E-state index in [-0.39, 0.29) is 19.1 Å². The molecule has 1 aromatic carbocycles. The van der Waals surface area contributed by atoms with Crippen molar-refractivity contribution in [2.45, 2.75) is 6.42 Å². The standard InChI is InChI=1S/C15H23N3O3/c16-13-3-1-4-14(11-13)21-12-15(20)18-6-2-5-17(7-8-18)9-10-19/h1,3-4,11,19H,2,5-10,12,16H2. The van der Waals surface area contributed by atoms with Crippen LogP contribution in [0.5, 0.6) is 5.75 Å². The topological polar surface area (TPSA) is 79.0 Å². The number of rotatable bonds is 5. The number of benzene rings is 1. The second-order valence-electron chi connectivity index (χ2n) is 5.16. The van der Waals surface area contributed by atoms with E-state index in [2.05, 4.69) is 4.90 Å². The molecule has 0 aromatic heterocycles. The molecule has 0 unspecified atom stereocenters. The van der Waals surface area contributed by atoms with Gasteiger partial charge in [0.1, 0.15) is 5.75 Å². The lowest BCUT2D eigenvalue weighted by atomic mass is 10.3. The van der Waals surface area contributed by atoms with E-state index in [0.29, 0.717) is 24.5 Å². The molecule has 0 aliphatic carbocycles. The SMILES string of the molecule is Nc1cccc(OCC(=O)N2CCCN(CCO)CC2)c1. The summed E-state index contributed by atoms with van der Waals surface area (Å²) in [6.45, 7) is 3.99. The van der Waals surface area contributed by atoms with Crippen molar-refractivity contribution < 1.29 is 14.6 Å².